The zero-order chi connectivity index (χ0) is 25.2. The van der Waals surface area contributed by atoms with Crippen molar-refractivity contribution >= 4 is 66.1 Å². The van der Waals surface area contributed by atoms with Gasteiger partial charge in [0.25, 0.3) is 5.95 Å². The minimum Gasteiger partial charge on any atom is -0.493 e. The highest BCUT2D eigenvalue weighted by Crippen LogP contribution is 2.37. The number of halogens is 3. The van der Waals surface area contributed by atoms with Crippen molar-refractivity contribution in [1.82, 2.24) is 19.7 Å². The van der Waals surface area contributed by atoms with Gasteiger partial charge in [-0.05, 0) is 57.9 Å². The molecule has 3 aromatic carbocycles. The fourth-order valence-corrected chi connectivity index (χ4v) is 4.70. The highest BCUT2D eigenvalue weighted by Gasteiger charge is 2.14. The molecule has 0 fully saturated rings. The number of methoxy groups -OCH3 is 1. The first-order chi connectivity index (χ1) is 17.4. The molecule has 2 heterocycles. The molecule has 182 valence electrons. The predicted octanol–water partition coefficient (Wildman–Crippen LogP) is 6.21. The van der Waals surface area contributed by atoms with Crippen LogP contribution in [-0.2, 0) is 13.7 Å². The highest BCUT2D eigenvalue weighted by atomic mass is 79.9. The zero-order valence-electron chi connectivity index (χ0n) is 19.2. The number of nitrogens with zero attached hydrogens (tertiary/aromatic N) is 5. The van der Waals surface area contributed by atoms with E-state index >= 15 is 0 Å². The van der Waals surface area contributed by atoms with E-state index in [1.54, 1.807) is 30.5 Å². The summed E-state index contributed by atoms with van der Waals surface area (Å²) in [4.78, 5) is 4.56. The molecular formula is C25H19Br2FN6O2. The molecule has 0 saturated heterocycles. The Labute approximate surface area is 222 Å². The number of aromatic nitrogens is 4. The molecule has 0 radical (unpaired) electrons. The van der Waals surface area contributed by atoms with Crippen LogP contribution >= 0.6 is 31.9 Å². The van der Waals surface area contributed by atoms with Crippen LogP contribution in [-0.4, -0.2) is 33.1 Å². The Bertz CT molecular complexity index is 1620. The van der Waals surface area contributed by atoms with Gasteiger partial charge >= 0.3 is 0 Å². The second kappa shape index (κ2) is 10.2. The summed E-state index contributed by atoms with van der Waals surface area (Å²) in [6.07, 6.45) is 1.60. The Hall–Kier alpha value is -3.57. The molecule has 0 saturated carbocycles. The third kappa shape index (κ3) is 4.76. The minimum atomic E-state index is -0.325. The lowest BCUT2D eigenvalue weighted by Crippen LogP contribution is -2.02. The van der Waals surface area contributed by atoms with Crippen LogP contribution in [0.4, 0.5) is 10.3 Å². The Balaban J connectivity index is 1.34. The van der Waals surface area contributed by atoms with E-state index in [0.717, 1.165) is 20.9 Å². The number of anilines is 1. The molecule has 11 heteroatoms. The fourth-order valence-electron chi connectivity index (χ4n) is 3.76. The van der Waals surface area contributed by atoms with Gasteiger partial charge in [0.15, 0.2) is 17.1 Å². The molecule has 36 heavy (non-hydrogen) atoms. The Morgan fingerprint density at radius 2 is 1.94 bits per heavy atom. The van der Waals surface area contributed by atoms with E-state index in [1.807, 2.05) is 35.9 Å². The minimum absolute atomic E-state index is 0.0640. The number of rotatable bonds is 7. The van der Waals surface area contributed by atoms with Crippen molar-refractivity contribution in [2.45, 2.75) is 6.61 Å². The van der Waals surface area contributed by atoms with E-state index in [2.05, 4.69) is 57.6 Å². The summed E-state index contributed by atoms with van der Waals surface area (Å²) >= 11 is 7.00. The third-order valence-electron chi connectivity index (χ3n) is 5.52. The van der Waals surface area contributed by atoms with Crippen LogP contribution in [0.3, 0.4) is 0 Å². The van der Waals surface area contributed by atoms with E-state index in [9.17, 15) is 4.39 Å². The van der Waals surface area contributed by atoms with Crippen LogP contribution in [0.25, 0.3) is 22.1 Å². The standard InChI is InChI=1S/C25H19Br2FN6O2/c1-34-20-8-7-16(26)11-17(20)22-24(34)30-25(33-31-22)32-29-12-14-9-18(27)23(21(10-14)35-2)36-13-15-5-3-4-6-19(15)28/h3-12H,13H2,1-2H3,(H,30,32,33)/b29-12+. The van der Waals surface area contributed by atoms with Crippen LogP contribution < -0.4 is 14.9 Å². The lowest BCUT2D eigenvalue weighted by Gasteiger charge is -2.14. The maximum Gasteiger partial charge on any atom is 0.265 e. The molecule has 0 amide bonds. The van der Waals surface area contributed by atoms with Crippen LogP contribution in [0.5, 0.6) is 11.5 Å². The SMILES string of the molecule is COc1cc(/C=N/Nc2nnc3c4cc(Br)ccc4n(C)c3n2)cc(Br)c1OCc1ccccc1F. The Kier molecular flexibility index (Phi) is 6.84. The van der Waals surface area contributed by atoms with E-state index in [4.69, 9.17) is 9.47 Å². The van der Waals surface area contributed by atoms with Gasteiger partial charge in [-0.2, -0.15) is 10.1 Å². The first-order valence-corrected chi connectivity index (χ1v) is 12.3. The van der Waals surface area contributed by atoms with E-state index in [-0.39, 0.29) is 18.4 Å². The summed E-state index contributed by atoms with van der Waals surface area (Å²) in [5.74, 6) is 0.877. The van der Waals surface area contributed by atoms with E-state index in [1.165, 1.54) is 13.2 Å². The van der Waals surface area contributed by atoms with Gasteiger partial charge in [-0.15, -0.1) is 10.2 Å². The molecule has 0 aliphatic carbocycles. The quantitative estimate of drug-likeness (QED) is 0.173. The predicted molar refractivity (Wildman–Crippen MR) is 144 cm³/mol. The average Bonchev–Trinajstić information content (AvgIpc) is 3.14. The second-order valence-electron chi connectivity index (χ2n) is 7.81. The molecule has 2 aromatic heterocycles. The smallest absolute Gasteiger partial charge is 0.265 e. The second-order valence-corrected chi connectivity index (χ2v) is 9.58. The first kappa shape index (κ1) is 24.1. The van der Waals surface area contributed by atoms with Gasteiger partial charge in [-0.25, -0.2) is 9.82 Å². The molecule has 0 aliphatic heterocycles. The van der Waals surface area contributed by atoms with Gasteiger partial charge in [0.05, 0.1) is 23.3 Å². The molecular weight excluding hydrogens is 595 g/mol. The lowest BCUT2D eigenvalue weighted by molar-refractivity contribution is 0.278. The topological polar surface area (TPSA) is 86.5 Å². The Morgan fingerprint density at radius 3 is 2.75 bits per heavy atom. The van der Waals surface area contributed by atoms with Gasteiger partial charge in [-0.1, -0.05) is 34.1 Å². The van der Waals surface area contributed by atoms with Crippen molar-refractivity contribution < 1.29 is 13.9 Å². The average molecular weight is 614 g/mol. The van der Waals surface area contributed by atoms with Gasteiger partial charge in [0.2, 0.25) is 0 Å². The van der Waals surface area contributed by atoms with E-state index < -0.39 is 0 Å². The maximum atomic E-state index is 13.9. The van der Waals surface area contributed by atoms with Crippen molar-refractivity contribution in [2.24, 2.45) is 12.1 Å². The summed E-state index contributed by atoms with van der Waals surface area (Å²) in [5, 5.41) is 13.7. The monoisotopic (exact) mass is 612 g/mol. The number of fused-ring (bicyclic) bond motifs is 3. The summed E-state index contributed by atoms with van der Waals surface area (Å²) in [5.41, 5.74) is 6.41. The lowest BCUT2D eigenvalue weighted by atomic mass is 10.2. The number of aryl methyl sites for hydroxylation is 1. The van der Waals surface area contributed by atoms with Crippen molar-refractivity contribution in [3.05, 3.63) is 80.5 Å². The number of hydrazone groups is 1. The number of hydrogen-bond acceptors (Lipinski definition) is 7. The molecule has 5 aromatic rings. The molecule has 0 aliphatic rings. The van der Waals surface area contributed by atoms with Crippen molar-refractivity contribution in [2.75, 3.05) is 12.5 Å². The van der Waals surface area contributed by atoms with Crippen molar-refractivity contribution in [1.29, 1.82) is 0 Å². The summed E-state index contributed by atoms with van der Waals surface area (Å²) in [6, 6.07) is 16.0. The normalized spacial score (nSPS) is 11.5. The van der Waals surface area contributed by atoms with Gasteiger partial charge in [-0.3, -0.25) is 0 Å². The molecule has 0 unspecified atom stereocenters. The number of benzene rings is 3. The molecule has 8 nitrogen and oxygen atoms in total. The van der Waals surface area contributed by atoms with Crippen LogP contribution in [0, 0.1) is 5.82 Å². The van der Waals surface area contributed by atoms with Crippen LogP contribution in [0.15, 0.2) is 68.6 Å². The fraction of sp³-hybridized carbons (Fsp3) is 0.120. The van der Waals surface area contributed by atoms with E-state index in [0.29, 0.717) is 32.7 Å². The van der Waals surface area contributed by atoms with Crippen molar-refractivity contribution in [3.63, 3.8) is 0 Å². The van der Waals surface area contributed by atoms with Gasteiger partial charge in [0, 0.05) is 22.5 Å². The number of nitrogens with one attached hydrogen (secondary N) is 1. The summed E-state index contributed by atoms with van der Waals surface area (Å²) < 4.78 is 28.8. The van der Waals surface area contributed by atoms with Crippen molar-refractivity contribution in [3.8, 4) is 11.5 Å². The van der Waals surface area contributed by atoms with Gasteiger partial charge < -0.3 is 14.0 Å². The van der Waals surface area contributed by atoms with Crippen LogP contribution in [0.2, 0.25) is 0 Å². The maximum absolute atomic E-state index is 13.9. The number of ether oxygens (including phenoxy) is 2. The van der Waals surface area contributed by atoms with Crippen LogP contribution in [0.1, 0.15) is 11.1 Å². The summed E-state index contributed by atoms with van der Waals surface area (Å²) in [7, 11) is 3.47. The molecule has 0 spiro atoms. The highest BCUT2D eigenvalue weighted by molar-refractivity contribution is 9.10. The molecule has 0 bridgehead atoms. The molecule has 1 N–H and O–H groups in total. The largest absolute Gasteiger partial charge is 0.493 e. The van der Waals surface area contributed by atoms with Gasteiger partial charge in [0.1, 0.15) is 17.9 Å². The number of hydrogen-bond donors (Lipinski definition) is 1. The first-order valence-electron chi connectivity index (χ1n) is 10.8. The zero-order valence-corrected chi connectivity index (χ0v) is 22.3. The summed E-state index contributed by atoms with van der Waals surface area (Å²) in [6.45, 7) is 0.0640. The molecule has 0 atom stereocenters. The third-order valence-corrected chi connectivity index (χ3v) is 6.60. The molecule has 5 rings (SSSR count). The Morgan fingerprint density at radius 1 is 1.11 bits per heavy atom.